The van der Waals surface area contributed by atoms with Crippen LogP contribution < -0.4 is 0 Å². The number of amides is 1. The number of hydrogen-bond acceptors (Lipinski definition) is 1. The van der Waals surface area contributed by atoms with Crippen LogP contribution in [0.1, 0.15) is 31.7 Å². The number of halogens is 1. The molecular weight excluding hydrogens is 278 g/mol. The second kappa shape index (κ2) is 5.67. The van der Waals surface area contributed by atoms with Crippen molar-refractivity contribution in [1.82, 2.24) is 4.90 Å². The fourth-order valence-electron chi connectivity index (χ4n) is 2.47. The Morgan fingerprint density at radius 2 is 2.12 bits per heavy atom. The van der Waals surface area contributed by atoms with Gasteiger partial charge in [-0.25, -0.2) is 0 Å². The molecule has 2 rings (SSSR count). The van der Waals surface area contributed by atoms with E-state index in [1.54, 1.807) is 0 Å². The lowest BCUT2D eigenvalue weighted by Gasteiger charge is -2.24. The molecule has 1 atom stereocenters. The predicted octanol–water partition coefficient (Wildman–Crippen LogP) is 3.39. The first-order chi connectivity index (χ1) is 8.20. The van der Waals surface area contributed by atoms with Crippen molar-refractivity contribution in [3.05, 3.63) is 34.3 Å². The largest absolute Gasteiger partial charge is 0.339 e. The number of benzene rings is 1. The zero-order valence-electron chi connectivity index (χ0n) is 10.2. The highest BCUT2D eigenvalue weighted by Gasteiger charge is 2.27. The van der Waals surface area contributed by atoms with Crippen LogP contribution in [0.5, 0.6) is 0 Å². The van der Waals surface area contributed by atoms with E-state index in [0.717, 1.165) is 30.3 Å². The van der Waals surface area contributed by atoms with E-state index in [-0.39, 0.29) is 0 Å². The van der Waals surface area contributed by atoms with Crippen molar-refractivity contribution in [2.45, 2.75) is 38.6 Å². The Balaban J connectivity index is 2.02. The van der Waals surface area contributed by atoms with Gasteiger partial charge in [-0.2, -0.15) is 0 Å². The summed E-state index contributed by atoms with van der Waals surface area (Å²) in [6.45, 7) is 2.88. The van der Waals surface area contributed by atoms with Gasteiger partial charge in [0.05, 0.1) is 0 Å². The normalized spacial score (nSPS) is 19.6. The second-order valence-corrected chi connectivity index (χ2v) is 5.48. The summed E-state index contributed by atoms with van der Waals surface area (Å²) in [5.74, 6) is 0.296. The lowest BCUT2D eigenvalue weighted by Crippen LogP contribution is -2.36. The molecule has 1 aromatic carbocycles. The van der Waals surface area contributed by atoms with Gasteiger partial charge in [0.2, 0.25) is 5.91 Å². The molecule has 1 aromatic rings. The lowest BCUT2D eigenvalue weighted by molar-refractivity contribution is -0.131. The Bertz CT molecular complexity index is 388. The third-order valence-corrected chi connectivity index (χ3v) is 3.91. The summed E-state index contributed by atoms with van der Waals surface area (Å²) >= 11 is 3.44. The van der Waals surface area contributed by atoms with Gasteiger partial charge in [0.25, 0.3) is 0 Å². The number of hydrogen-bond donors (Lipinski definition) is 0. The number of carbonyl (C=O) groups is 1. The quantitative estimate of drug-likeness (QED) is 0.837. The second-order valence-electron chi connectivity index (χ2n) is 4.57. The van der Waals surface area contributed by atoms with Gasteiger partial charge in [-0.05, 0) is 37.0 Å². The van der Waals surface area contributed by atoms with Gasteiger partial charge in [-0.15, -0.1) is 0 Å². The molecule has 0 saturated carbocycles. The van der Waals surface area contributed by atoms with Gasteiger partial charge in [0.1, 0.15) is 0 Å². The van der Waals surface area contributed by atoms with Crippen molar-refractivity contribution in [2.75, 3.05) is 6.54 Å². The van der Waals surface area contributed by atoms with E-state index >= 15 is 0 Å². The molecule has 3 heteroatoms. The minimum absolute atomic E-state index is 0.296. The predicted molar refractivity (Wildman–Crippen MR) is 72.9 cm³/mol. The topological polar surface area (TPSA) is 20.3 Å². The van der Waals surface area contributed by atoms with Gasteiger partial charge in [-0.3, -0.25) is 4.79 Å². The molecule has 92 valence electrons. The zero-order chi connectivity index (χ0) is 12.3. The molecule has 17 heavy (non-hydrogen) atoms. The fourth-order valence-corrected chi connectivity index (χ4v) is 2.74. The van der Waals surface area contributed by atoms with Crippen molar-refractivity contribution < 1.29 is 4.79 Å². The zero-order valence-corrected chi connectivity index (χ0v) is 11.7. The minimum Gasteiger partial charge on any atom is -0.339 e. The maximum atomic E-state index is 11.8. The Morgan fingerprint density at radius 3 is 2.76 bits per heavy atom. The van der Waals surface area contributed by atoms with Gasteiger partial charge >= 0.3 is 0 Å². The van der Waals surface area contributed by atoms with Crippen LogP contribution in [0.15, 0.2) is 28.7 Å². The molecule has 0 aliphatic carbocycles. The van der Waals surface area contributed by atoms with E-state index in [4.69, 9.17) is 0 Å². The van der Waals surface area contributed by atoms with Crippen LogP contribution in [0.3, 0.4) is 0 Å². The SMILES string of the molecule is CCC(=O)N1CCCC1Cc1ccc(Br)cc1. The first-order valence-corrected chi connectivity index (χ1v) is 7.04. The van der Waals surface area contributed by atoms with Crippen molar-refractivity contribution >= 4 is 21.8 Å². The van der Waals surface area contributed by atoms with E-state index in [2.05, 4.69) is 45.1 Å². The van der Waals surface area contributed by atoms with Crippen molar-refractivity contribution in [1.29, 1.82) is 0 Å². The summed E-state index contributed by atoms with van der Waals surface area (Å²) < 4.78 is 1.11. The Hall–Kier alpha value is -0.830. The lowest BCUT2D eigenvalue weighted by atomic mass is 10.0. The van der Waals surface area contributed by atoms with Crippen molar-refractivity contribution in [3.8, 4) is 0 Å². The molecule has 1 saturated heterocycles. The molecule has 1 unspecified atom stereocenters. The van der Waals surface area contributed by atoms with Gasteiger partial charge in [0, 0.05) is 23.5 Å². The van der Waals surface area contributed by atoms with Crippen molar-refractivity contribution in [3.63, 3.8) is 0 Å². The smallest absolute Gasteiger partial charge is 0.222 e. The minimum atomic E-state index is 0.296. The van der Waals surface area contributed by atoms with Crippen LogP contribution in [0, 0.1) is 0 Å². The maximum absolute atomic E-state index is 11.8. The molecule has 0 bridgehead atoms. The molecule has 0 aromatic heterocycles. The molecule has 1 aliphatic rings. The fraction of sp³-hybridized carbons (Fsp3) is 0.500. The average molecular weight is 296 g/mol. The standard InChI is InChI=1S/C14H18BrNO/c1-2-14(17)16-9-3-4-13(16)10-11-5-7-12(15)8-6-11/h5-8,13H,2-4,9-10H2,1H3. The van der Waals surface area contributed by atoms with Crippen LogP contribution in [0.25, 0.3) is 0 Å². The highest BCUT2D eigenvalue weighted by atomic mass is 79.9. The molecular formula is C14H18BrNO. The highest BCUT2D eigenvalue weighted by molar-refractivity contribution is 9.10. The van der Waals surface area contributed by atoms with E-state index in [0.29, 0.717) is 18.4 Å². The average Bonchev–Trinajstić information content (AvgIpc) is 2.79. The maximum Gasteiger partial charge on any atom is 0.222 e. The van der Waals surface area contributed by atoms with Gasteiger partial charge < -0.3 is 4.90 Å². The van der Waals surface area contributed by atoms with E-state index in [1.165, 1.54) is 5.56 Å². The summed E-state index contributed by atoms with van der Waals surface area (Å²) in [6, 6.07) is 8.81. The van der Waals surface area contributed by atoms with E-state index in [1.807, 2.05) is 6.92 Å². The summed E-state index contributed by atoms with van der Waals surface area (Å²) in [5.41, 5.74) is 1.31. The van der Waals surface area contributed by atoms with Crippen LogP contribution >= 0.6 is 15.9 Å². The summed E-state index contributed by atoms with van der Waals surface area (Å²) in [5, 5.41) is 0. The first kappa shape index (κ1) is 12.6. The molecule has 1 fully saturated rings. The molecule has 1 heterocycles. The Morgan fingerprint density at radius 1 is 1.41 bits per heavy atom. The molecule has 0 N–H and O–H groups in total. The number of rotatable bonds is 3. The van der Waals surface area contributed by atoms with Crippen LogP contribution in [0.4, 0.5) is 0 Å². The summed E-state index contributed by atoms with van der Waals surface area (Å²) in [6.07, 6.45) is 3.89. The Kier molecular flexibility index (Phi) is 4.21. The number of likely N-dealkylation sites (tertiary alicyclic amines) is 1. The third-order valence-electron chi connectivity index (χ3n) is 3.38. The van der Waals surface area contributed by atoms with Crippen LogP contribution in [-0.4, -0.2) is 23.4 Å². The van der Waals surface area contributed by atoms with Crippen LogP contribution in [-0.2, 0) is 11.2 Å². The number of carbonyl (C=O) groups excluding carboxylic acids is 1. The molecule has 1 amide bonds. The monoisotopic (exact) mass is 295 g/mol. The van der Waals surface area contributed by atoms with Crippen LogP contribution in [0.2, 0.25) is 0 Å². The molecule has 0 radical (unpaired) electrons. The molecule has 2 nitrogen and oxygen atoms in total. The van der Waals surface area contributed by atoms with Gasteiger partial charge in [-0.1, -0.05) is 35.0 Å². The Labute approximate surface area is 111 Å². The van der Waals surface area contributed by atoms with Gasteiger partial charge in [0.15, 0.2) is 0 Å². The number of nitrogens with zero attached hydrogens (tertiary/aromatic N) is 1. The summed E-state index contributed by atoms with van der Waals surface area (Å²) in [7, 11) is 0. The molecule has 0 spiro atoms. The third kappa shape index (κ3) is 3.09. The van der Waals surface area contributed by atoms with E-state index in [9.17, 15) is 4.79 Å². The summed E-state index contributed by atoms with van der Waals surface area (Å²) in [4.78, 5) is 13.8. The highest BCUT2D eigenvalue weighted by Crippen LogP contribution is 2.22. The molecule has 1 aliphatic heterocycles. The first-order valence-electron chi connectivity index (χ1n) is 6.24. The van der Waals surface area contributed by atoms with Crippen molar-refractivity contribution in [2.24, 2.45) is 0 Å². The van der Waals surface area contributed by atoms with E-state index < -0.39 is 0 Å².